The van der Waals surface area contributed by atoms with Gasteiger partial charge in [-0.25, -0.2) is 0 Å². The third-order valence-electron chi connectivity index (χ3n) is 3.19. The van der Waals surface area contributed by atoms with Crippen LogP contribution in [0.25, 0.3) is 0 Å². The molecule has 2 rings (SSSR count). The van der Waals surface area contributed by atoms with E-state index in [4.69, 9.17) is 0 Å². The predicted molar refractivity (Wildman–Crippen MR) is 78.8 cm³/mol. The molecule has 18 heavy (non-hydrogen) atoms. The van der Waals surface area contributed by atoms with Gasteiger partial charge in [-0.1, -0.05) is 79.2 Å². The highest BCUT2D eigenvalue weighted by atomic mass is 14.1. The summed E-state index contributed by atoms with van der Waals surface area (Å²) in [6, 6.07) is 21.3. The fraction of sp³-hybridized carbons (Fsp3) is 0.222. The largest absolute Gasteiger partial charge is 0.0780 e. The summed E-state index contributed by atoms with van der Waals surface area (Å²) >= 11 is 0. The van der Waals surface area contributed by atoms with E-state index in [0.29, 0.717) is 5.92 Å². The van der Waals surface area contributed by atoms with Crippen LogP contribution in [0.2, 0.25) is 0 Å². The molecule has 0 saturated heterocycles. The summed E-state index contributed by atoms with van der Waals surface area (Å²) in [6.07, 6.45) is 3.40. The number of hydrogen-bond donors (Lipinski definition) is 0. The summed E-state index contributed by atoms with van der Waals surface area (Å²) in [5, 5.41) is 0. The normalized spacial score (nSPS) is 13.3. The van der Waals surface area contributed by atoms with Gasteiger partial charge in [0.25, 0.3) is 0 Å². The van der Waals surface area contributed by atoms with Gasteiger partial charge in [0.15, 0.2) is 0 Å². The summed E-state index contributed by atoms with van der Waals surface area (Å²) in [5.74, 6) is 0.481. The molecule has 0 aliphatic rings. The Kier molecular flexibility index (Phi) is 4.35. The molecule has 0 fully saturated rings. The molecule has 0 radical (unpaired) electrons. The molecule has 0 saturated carbocycles. The van der Waals surface area contributed by atoms with E-state index >= 15 is 0 Å². The van der Waals surface area contributed by atoms with Crippen LogP contribution < -0.4 is 0 Å². The minimum absolute atomic E-state index is 0.481. The molecule has 2 aromatic rings. The van der Waals surface area contributed by atoms with Crippen molar-refractivity contribution in [2.45, 2.75) is 26.2 Å². The Morgan fingerprint density at radius 1 is 0.944 bits per heavy atom. The van der Waals surface area contributed by atoms with Crippen LogP contribution in [0.3, 0.4) is 0 Å². The van der Waals surface area contributed by atoms with Crippen molar-refractivity contribution >= 4 is 0 Å². The summed E-state index contributed by atoms with van der Waals surface area (Å²) < 4.78 is 0. The molecule has 0 heteroatoms. The second-order valence-corrected chi connectivity index (χ2v) is 4.87. The molecular weight excluding hydrogens is 216 g/mol. The lowest BCUT2D eigenvalue weighted by Crippen LogP contribution is -1.92. The molecule has 0 heterocycles. The van der Waals surface area contributed by atoms with Crippen molar-refractivity contribution in [3.63, 3.8) is 0 Å². The van der Waals surface area contributed by atoms with Crippen molar-refractivity contribution in [1.29, 1.82) is 0 Å². The van der Waals surface area contributed by atoms with Gasteiger partial charge in [0.2, 0.25) is 0 Å². The molecule has 1 atom stereocenters. The van der Waals surface area contributed by atoms with E-state index in [1.165, 1.54) is 16.7 Å². The summed E-state index contributed by atoms with van der Waals surface area (Å²) in [7, 11) is 0. The van der Waals surface area contributed by atoms with Crippen LogP contribution in [0, 0.1) is 0 Å². The van der Waals surface area contributed by atoms with E-state index < -0.39 is 0 Å². The second kappa shape index (κ2) is 6.20. The summed E-state index contributed by atoms with van der Waals surface area (Å²) in [4.78, 5) is 0. The Labute approximate surface area is 110 Å². The SMILES string of the molecule is CC(=CC(C)c1ccccc1)Cc1ccccc1. The van der Waals surface area contributed by atoms with Gasteiger partial charge in [-0.05, 0) is 30.4 Å². The van der Waals surface area contributed by atoms with Gasteiger partial charge < -0.3 is 0 Å². The topological polar surface area (TPSA) is 0 Å². The predicted octanol–water partition coefficient (Wildman–Crippen LogP) is 4.98. The zero-order chi connectivity index (χ0) is 12.8. The average Bonchev–Trinajstić information content (AvgIpc) is 2.40. The summed E-state index contributed by atoms with van der Waals surface area (Å²) in [6.45, 7) is 4.47. The number of benzene rings is 2. The first-order valence-corrected chi connectivity index (χ1v) is 6.52. The first-order valence-electron chi connectivity index (χ1n) is 6.52. The maximum atomic E-state index is 2.36. The first-order chi connectivity index (χ1) is 8.75. The average molecular weight is 236 g/mol. The molecule has 2 aromatic carbocycles. The summed E-state index contributed by atoms with van der Waals surface area (Å²) in [5.41, 5.74) is 4.19. The van der Waals surface area contributed by atoms with Crippen molar-refractivity contribution < 1.29 is 0 Å². The maximum absolute atomic E-state index is 2.36. The van der Waals surface area contributed by atoms with Crippen LogP contribution in [0.15, 0.2) is 72.3 Å². The molecule has 0 N–H and O–H groups in total. The smallest absolute Gasteiger partial charge is 0.000775 e. The molecular formula is C18H20. The number of hydrogen-bond acceptors (Lipinski definition) is 0. The minimum atomic E-state index is 0.481. The molecule has 1 unspecified atom stereocenters. The standard InChI is InChI=1S/C18H20/c1-15(14-17-9-5-3-6-10-17)13-16(2)18-11-7-4-8-12-18/h3-13,16H,14H2,1-2H3. The molecule has 0 aromatic heterocycles. The lowest BCUT2D eigenvalue weighted by molar-refractivity contribution is 0.938. The number of rotatable bonds is 4. The Balaban J connectivity index is 2.05. The second-order valence-electron chi connectivity index (χ2n) is 4.87. The highest BCUT2D eigenvalue weighted by Gasteiger charge is 2.02. The Hall–Kier alpha value is -1.82. The fourth-order valence-corrected chi connectivity index (χ4v) is 2.26. The van der Waals surface area contributed by atoms with Crippen LogP contribution in [0.5, 0.6) is 0 Å². The minimum Gasteiger partial charge on any atom is -0.0780 e. The molecule has 0 nitrogen and oxygen atoms in total. The Morgan fingerprint density at radius 2 is 1.50 bits per heavy atom. The molecule has 0 aliphatic heterocycles. The van der Waals surface area contributed by atoms with Gasteiger partial charge in [-0.2, -0.15) is 0 Å². The molecule has 0 amide bonds. The quantitative estimate of drug-likeness (QED) is 0.657. The monoisotopic (exact) mass is 236 g/mol. The third kappa shape index (κ3) is 3.59. The number of allylic oxidation sites excluding steroid dienone is 2. The van der Waals surface area contributed by atoms with Crippen LogP contribution in [-0.4, -0.2) is 0 Å². The van der Waals surface area contributed by atoms with Crippen molar-refractivity contribution in [1.82, 2.24) is 0 Å². The maximum Gasteiger partial charge on any atom is -0.000775 e. The fourth-order valence-electron chi connectivity index (χ4n) is 2.26. The van der Waals surface area contributed by atoms with Gasteiger partial charge >= 0.3 is 0 Å². The van der Waals surface area contributed by atoms with E-state index in [1.807, 2.05) is 0 Å². The molecule has 0 bridgehead atoms. The van der Waals surface area contributed by atoms with Gasteiger partial charge in [-0.3, -0.25) is 0 Å². The van der Waals surface area contributed by atoms with Crippen LogP contribution in [0.4, 0.5) is 0 Å². The Morgan fingerprint density at radius 3 is 2.11 bits per heavy atom. The first kappa shape index (κ1) is 12.6. The van der Waals surface area contributed by atoms with E-state index in [-0.39, 0.29) is 0 Å². The Bertz CT molecular complexity index is 494. The third-order valence-corrected chi connectivity index (χ3v) is 3.19. The highest BCUT2D eigenvalue weighted by Crippen LogP contribution is 2.19. The van der Waals surface area contributed by atoms with Gasteiger partial charge in [0.05, 0.1) is 0 Å². The van der Waals surface area contributed by atoms with Gasteiger partial charge in [0, 0.05) is 0 Å². The van der Waals surface area contributed by atoms with E-state index in [1.54, 1.807) is 0 Å². The van der Waals surface area contributed by atoms with E-state index in [0.717, 1.165) is 6.42 Å². The van der Waals surface area contributed by atoms with Crippen LogP contribution >= 0.6 is 0 Å². The van der Waals surface area contributed by atoms with E-state index in [9.17, 15) is 0 Å². The lowest BCUT2D eigenvalue weighted by Gasteiger charge is -2.09. The zero-order valence-corrected chi connectivity index (χ0v) is 11.1. The zero-order valence-electron chi connectivity index (χ0n) is 11.1. The van der Waals surface area contributed by atoms with Crippen LogP contribution in [0.1, 0.15) is 30.9 Å². The van der Waals surface area contributed by atoms with E-state index in [2.05, 4.69) is 80.6 Å². The molecule has 0 aliphatic carbocycles. The van der Waals surface area contributed by atoms with Gasteiger partial charge in [0.1, 0.15) is 0 Å². The lowest BCUT2D eigenvalue weighted by atomic mass is 9.96. The molecule has 0 spiro atoms. The highest BCUT2D eigenvalue weighted by molar-refractivity contribution is 5.27. The van der Waals surface area contributed by atoms with Crippen molar-refractivity contribution in [2.75, 3.05) is 0 Å². The van der Waals surface area contributed by atoms with Crippen LogP contribution in [-0.2, 0) is 6.42 Å². The molecule has 92 valence electrons. The van der Waals surface area contributed by atoms with Gasteiger partial charge in [-0.15, -0.1) is 0 Å². The van der Waals surface area contributed by atoms with Crippen molar-refractivity contribution in [2.24, 2.45) is 0 Å². The van der Waals surface area contributed by atoms with Crippen molar-refractivity contribution in [3.8, 4) is 0 Å². The van der Waals surface area contributed by atoms with Crippen molar-refractivity contribution in [3.05, 3.63) is 83.4 Å².